The molecule has 0 bridgehead atoms. The summed E-state index contributed by atoms with van der Waals surface area (Å²) in [5.74, 6) is 0. The minimum absolute atomic E-state index is 0.278. The zero-order chi connectivity index (χ0) is 13.5. The summed E-state index contributed by atoms with van der Waals surface area (Å²) in [6, 6.07) is 0.278. The van der Waals surface area contributed by atoms with E-state index in [9.17, 15) is 0 Å². The lowest BCUT2D eigenvalue weighted by atomic mass is 10.2. The summed E-state index contributed by atoms with van der Waals surface area (Å²) >= 11 is 0. The van der Waals surface area contributed by atoms with Crippen molar-refractivity contribution in [2.75, 3.05) is 26.2 Å². The fourth-order valence-electron chi connectivity index (χ4n) is 2.74. The number of hydrogen-bond donors (Lipinski definition) is 1. The fourth-order valence-corrected chi connectivity index (χ4v) is 2.74. The predicted octanol–water partition coefficient (Wildman–Crippen LogP) is 2.31. The molecule has 4 nitrogen and oxygen atoms in total. The van der Waals surface area contributed by atoms with Crippen LogP contribution >= 0.6 is 0 Å². The average molecular weight is 262 g/mol. The molecule has 106 valence electrons. The molecule has 2 rings (SSSR count). The van der Waals surface area contributed by atoms with E-state index in [1.54, 1.807) is 12.4 Å². The lowest BCUT2D eigenvalue weighted by Gasteiger charge is -2.21. The normalized spacial score (nSPS) is 19.1. The first-order valence-electron chi connectivity index (χ1n) is 7.50. The molecule has 0 radical (unpaired) electrons. The van der Waals surface area contributed by atoms with Crippen molar-refractivity contribution in [2.24, 2.45) is 0 Å². The van der Waals surface area contributed by atoms with Crippen molar-refractivity contribution in [3.8, 4) is 0 Å². The van der Waals surface area contributed by atoms with E-state index in [1.165, 1.54) is 38.8 Å². The first-order chi connectivity index (χ1) is 9.27. The summed E-state index contributed by atoms with van der Waals surface area (Å²) in [6.07, 6.45) is 9.05. The molecule has 1 aromatic heterocycles. The molecule has 2 heterocycles. The standard InChI is InChI=1S/C15H26N4/c1-13-15(18-8-7-16-13)14(2)17-9-12-19-10-5-3-4-6-11-19/h7-8,14,17H,3-6,9-12H2,1-2H3. The van der Waals surface area contributed by atoms with Crippen LogP contribution in [0.5, 0.6) is 0 Å². The SMILES string of the molecule is Cc1nccnc1C(C)NCCN1CCCCCC1. The van der Waals surface area contributed by atoms with Crippen molar-refractivity contribution in [1.82, 2.24) is 20.2 Å². The van der Waals surface area contributed by atoms with Crippen molar-refractivity contribution in [3.05, 3.63) is 23.8 Å². The van der Waals surface area contributed by atoms with Gasteiger partial charge in [-0.3, -0.25) is 9.97 Å². The fraction of sp³-hybridized carbons (Fsp3) is 0.733. The maximum Gasteiger partial charge on any atom is 0.0782 e. The van der Waals surface area contributed by atoms with E-state index in [0.29, 0.717) is 0 Å². The smallest absolute Gasteiger partial charge is 0.0782 e. The minimum Gasteiger partial charge on any atom is -0.308 e. The van der Waals surface area contributed by atoms with Gasteiger partial charge in [0.2, 0.25) is 0 Å². The molecule has 0 saturated carbocycles. The highest BCUT2D eigenvalue weighted by molar-refractivity contribution is 5.12. The Labute approximate surface area is 116 Å². The van der Waals surface area contributed by atoms with E-state index in [2.05, 4.69) is 27.1 Å². The summed E-state index contributed by atoms with van der Waals surface area (Å²) in [7, 11) is 0. The molecule has 0 spiro atoms. The zero-order valence-electron chi connectivity index (χ0n) is 12.2. The van der Waals surface area contributed by atoms with Crippen LogP contribution in [0.2, 0.25) is 0 Å². The molecule has 4 heteroatoms. The number of nitrogens with zero attached hydrogens (tertiary/aromatic N) is 3. The van der Waals surface area contributed by atoms with E-state index >= 15 is 0 Å². The first-order valence-corrected chi connectivity index (χ1v) is 7.50. The Balaban J connectivity index is 1.74. The molecule has 0 aromatic carbocycles. The van der Waals surface area contributed by atoms with Crippen LogP contribution in [0.15, 0.2) is 12.4 Å². The molecular formula is C15H26N4. The molecule has 1 aromatic rings. The molecule has 1 aliphatic rings. The predicted molar refractivity (Wildman–Crippen MR) is 78.1 cm³/mol. The lowest BCUT2D eigenvalue weighted by molar-refractivity contribution is 0.280. The second kappa shape index (κ2) is 7.56. The highest BCUT2D eigenvalue weighted by atomic mass is 15.1. The van der Waals surface area contributed by atoms with Crippen molar-refractivity contribution >= 4 is 0 Å². The van der Waals surface area contributed by atoms with Crippen LogP contribution in [0.25, 0.3) is 0 Å². The summed E-state index contributed by atoms with van der Waals surface area (Å²) in [4.78, 5) is 11.3. The highest BCUT2D eigenvalue weighted by Gasteiger charge is 2.11. The molecule has 19 heavy (non-hydrogen) atoms. The third-order valence-electron chi connectivity index (χ3n) is 3.91. The minimum atomic E-state index is 0.278. The second-order valence-electron chi connectivity index (χ2n) is 5.46. The second-order valence-corrected chi connectivity index (χ2v) is 5.46. The van der Waals surface area contributed by atoms with Gasteiger partial charge in [0.1, 0.15) is 0 Å². The Morgan fingerprint density at radius 3 is 2.53 bits per heavy atom. The van der Waals surface area contributed by atoms with Crippen molar-refractivity contribution in [1.29, 1.82) is 0 Å². The largest absolute Gasteiger partial charge is 0.308 e. The summed E-state index contributed by atoms with van der Waals surface area (Å²) in [5, 5.41) is 3.56. The van der Waals surface area contributed by atoms with Crippen molar-refractivity contribution in [2.45, 2.75) is 45.6 Å². The first kappa shape index (κ1) is 14.4. The van der Waals surface area contributed by atoms with Crippen LogP contribution in [0.1, 0.15) is 50.0 Å². The van der Waals surface area contributed by atoms with Crippen molar-refractivity contribution < 1.29 is 0 Å². The average Bonchev–Trinajstić information content (AvgIpc) is 2.68. The number of nitrogens with one attached hydrogen (secondary N) is 1. The zero-order valence-corrected chi connectivity index (χ0v) is 12.2. The number of hydrogen-bond acceptors (Lipinski definition) is 4. The van der Waals surface area contributed by atoms with Gasteiger partial charge in [-0.25, -0.2) is 0 Å². The third kappa shape index (κ3) is 4.55. The van der Waals surface area contributed by atoms with E-state index in [-0.39, 0.29) is 6.04 Å². The molecule has 1 unspecified atom stereocenters. The van der Waals surface area contributed by atoms with E-state index in [1.807, 2.05) is 6.92 Å². The van der Waals surface area contributed by atoms with Gasteiger partial charge < -0.3 is 10.2 Å². The number of likely N-dealkylation sites (tertiary alicyclic amines) is 1. The van der Waals surface area contributed by atoms with Crippen molar-refractivity contribution in [3.63, 3.8) is 0 Å². The summed E-state index contributed by atoms with van der Waals surface area (Å²) < 4.78 is 0. The maximum absolute atomic E-state index is 4.42. The molecular weight excluding hydrogens is 236 g/mol. The Hall–Kier alpha value is -1.00. The van der Waals surface area contributed by atoms with E-state index in [0.717, 1.165) is 24.5 Å². The van der Waals surface area contributed by atoms with Gasteiger partial charge in [0.05, 0.1) is 11.4 Å². The Morgan fingerprint density at radius 1 is 1.16 bits per heavy atom. The monoisotopic (exact) mass is 262 g/mol. The molecule has 0 aliphatic carbocycles. The van der Waals surface area contributed by atoms with Crippen LogP contribution < -0.4 is 5.32 Å². The van der Waals surface area contributed by atoms with Gasteiger partial charge in [0.25, 0.3) is 0 Å². The van der Waals surface area contributed by atoms with Gasteiger partial charge >= 0.3 is 0 Å². The number of aromatic nitrogens is 2. The molecule has 0 amide bonds. The maximum atomic E-state index is 4.42. The van der Waals surface area contributed by atoms with Gasteiger partial charge in [0.15, 0.2) is 0 Å². The van der Waals surface area contributed by atoms with Gasteiger partial charge in [-0.15, -0.1) is 0 Å². The molecule has 1 fully saturated rings. The molecule has 1 aliphatic heterocycles. The van der Waals surface area contributed by atoms with Crippen LogP contribution in [0, 0.1) is 6.92 Å². The van der Waals surface area contributed by atoms with Gasteiger partial charge in [0, 0.05) is 31.5 Å². The summed E-state index contributed by atoms with van der Waals surface area (Å²) in [6.45, 7) is 8.88. The molecule has 1 atom stereocenters. The van der Waals surface area contributed by atoms with Crippen LogP contribution in [0.4, 0.5) is 0 Å². The summed E-state index contributed by atoms with van der Waals surface area (Å²) in [5.41, 5.74) is 2.09. The Bertz CT molecular complexity index is 372. The quantitative estimate of drug-likeness (QED) is 0.884. The van der Waals surface area contributed by atoms with Crippen LogP contribution in [-0.4, -0.2) is 41.0 Å². The van der Waals surface area contributed by atoms with Gasteiger partial charge in [-0.2, -0.15) is 0 Å². The Morgan fingerprint density at radius 2 is 1.84 bits per heavy atom. The topological polar surface area (TPSA) is 41.1 Å². The van der Waals surface area contributed by atoms with Gasteiger partial charge in [-0.1, -0.05) is 12.8 Å². The van der Waals surface area contributed by atoms with Crippen LogP contribution in [0.3, 0.4) is 0 Å². The van der Waals surface area contributed by atoms with E-state index < -0.39 is 0 Å². The van der Waals surface area contributed by atoms with Crippen LogP contribution in [-0.2, 0) is 0 Å². The molecule has 1 N–H and O–H groups in total. The lowest BCUT2D eigenvalue weighted by Crippen LogP contribution is -2.34. The van der Waals surface area contributed by atoms with E-state index in [4.69, 9.17) is 0 Å². The highest BCUT2D eigenvalue weighted by Crippen LogP contribution is 2.12. The molecule has 1 saturated heterocycles. The van der Waals surface area contributed by atoms with Gasteiger partial charge in [-0.05, 0) is 39.8 Å². The number of aryl methyl sites for hydroxylation is 1. The third-order valence-corrected chi connectivity index (χ3v) is 3.91. The number of rotatable bonds is 5. The Kier molecular flexibility index (Phi) is 5.73.